The first-order chi connectivity index (χ1) is 11.7. The molecule has 0 unspecified atom stereocenters. The van der Waals surface area contributed by atoms with Crippen LogP contribution in [0.15, 0.2) is 41.0 Å². The van der Waals surface area contributed by atoms with Gasteiger partial charge in [0.15, 0.2) is 10.9 Å². The zero-order chi connectivity index (χ0) is 16.9. The predicted octanol–water partition coefficient (Wildman–Crippen LogP) is 3.72. The lowest BCUT2D eigenvalue weighted by molar-refractivity contribution is 0.617. The predicted molar refractivity (Wildman–Crippen MR) is 111 cm³/mol. The Bertz CT molecular complexity index is 829. The van der Waals surface area contributed by atoms with Gasteiger partial charge >= 0.3 is 0 Å². The summed E-state index contributed by atoms with van der Waals surface area (Å²) in [6, 6.07) is 5.07. The van der Waals surface area contributed by atoms with E-state index in [9.17, 15) is 4.39 Å². The first kappa shape index (κ1) is 19.6. The van der Waals surface area contributed by atoms with Crippen LogP contribution in [-0.4, -0.2) is 21.9 Å². The number of aliphatic imine (C=N–C) groups is 1. The van der Waals surface area contributed by atoms with Crippen LogP contribution in [0, 0.1) is 12.7 Å². The topological polar surface area (TPSA) is 53.7 Å². The number of hydrogen-bond donors (Lipinski definition) is 2. The third-order valence-electron chi connectivity index (χ3n) is 3.57. The first-order valence-electron chi connectivity index (χ1n) is 7.84. The van der Waals surface area contributed by atoms with E-state index in [-0.39, 0.29) is 29.8 Å². The summed E-state index contributed by atoms with van der Waals surface area (Å²) in [5.74, 6) is 0.531. The number of aromatic nitrogens is 2. The number of fused-ring (bicyclic) bond motifs is 1. The van der Waals surface area contributed by atoms with E-state index in [0.717, 1.165) is 28.7 Å². The normalized spacial score (nSPS) is 11.4. The monoisotopic (exact) mass is 473 g/mol. The van der Waals surface area contributed by atoms with Crippen molar-refractivity contribution in [1.29, 1.82) is 0 Å². The summed E-state index contributed by atoms with van der Waals surface area (Å²) in [6.07, 6.45) is 4.00. The molecule has 2 N–H and O–H groups in total. The number of halogens is 2. The molecule has 1 aromatic carbocycles. The second-order valence-electron chi connectivity index (χ2n) is 5.46. The SMILES string of the molecule is CCNC(=NCc1ccc(F)c(C)c1)NCc1cn2ccsc2n1.I. The molecule has 0 fully saturated rings. The molecule has 5 nitrogen and oxygen atoms in total. The lowest BCUT2D eigenvalue weighted by atomic mass is 10.1. The molecule has 0 aliphatic rings. The lowest BCUT2D eigenvalue weighted by Gasteiger charge is -2.10. The van der Waals surface area contributed by atoms with E-state index in [4.69, 9.17) is 0 Å². The average molecular weight is 473 g/mol. The maximum Gasteiger partial charge on any atom is 0.193 e. The van der Waals surface area contributed by atoms with Crippen molar-refractivity contribution < 1.29 is 4.39 Å². The Morgan fingerprint density at radius 3 is 2.92 bits per heavy atom. The average Bonchev–Trinajstić information content (AvgIpc) is 3.14. The van der Waals surface area contributed by atoms with Crippen LogP contribution in [0.1, 0.15) is 23.7 Å². The largest absolute Gasteiger partial charge is 0.357 e. The van der Waals surface area contributed by atoms with Gasteiger partial charge in [-0.2, -0.15) is 0 Å². The minimum Gasteiger partial charge on any atom is -0.357 e. The molecule has 0 amide bonds. The van der Waals surface area contributed by atoms with E-state index in [2.05, 4.69) is 20.6 Å². The number of guanidine groups is 1. The van der Waals surface area contributed by atoms with Gasteiger partial charge in [-0.25, -0.2) is 14.4 Å². The Kier molecular flexibility index (Phi) is 7.18. The molecular weight excluding hydrogens is 452 g/mol. The van der Waals surface area contributed by atoms with Crippen LogP contribution in [0.25, 0.3) is 4.96 Å². The summed E-state index contributed by atoms with van der Waals surface area (Å²) >= 11 is 1.61. The van der Waals surface area contributed by atoms with E-state index < -0.39 is 0 Å². The van der Waals surface area contributed by atoms with Gasteiger partial charge in [-0.3, -0.25) is 4.40 Å². The molecule has 0 spiro atoms. The van der Waals surface area contributed by atoms with Crippen LogP contribution in [0.3, 0.4) is 0 Å². The third-order valence-corrected chi connectivity index (χ3v) is 4.34. The van der Waals surface area contributed by atoms with Gasteiger partial charge in [0.2, 0.25) is 0 Å². The fourth-order valence-electron chi connectivity index (χ4n) is 2.35. The van der Waals surface area contributed by atoms with Gasteiger partial charge < -0.3 is 10.6 Å². The quantitative estimate of drug-likeness (QED) is 0.338. The molecule has 0 aliphatic carbocycles. The molecule has 25 heavy (non-hydrogen) atoms. The van der Waals surface area contributed by atoms with Crippen molar-refractivity contribution in [3.63, 3.8) is 0 Å². The van der Waals surface area contributed by atoms with Gasteiger partial charge in [0.1, 0.15) is 5.82 Å². The molecule has 2 heterocycles. The Morgan fingerprint density at radius 2 is 2.20 bits per heavy atom. The molecule has 0 radical (unpaired) electrons. The Hall–Kier alpha value is -1.68. The minimum absolute atomic E-state index is 0. The van der Waals surface area contributed by atoms with E-state index in [0.29, 0.717) is 18.7 Å². The number of thiazole rings is 1. The molecule has 134 valence electrons. The van der Waals surface area contributed by atoms with Crippen LogP contribution >= 0.6 is 35.3 Å². The number of imidazole rings is 1. The molecule has 0 bridgehead atoms. The highest BCUT2D eigenvalue weighted by Crippen LogP contribution is 2.11. The maximum absolute atomic E-state index is 13.3. The van der Waals surface area contributed by atoms with Gasteiger partial charge in [-0.05, 0) is 31.0 Å². The highest BCUT2D eigenvalue weighted by molar-refractivity contribution is 14.0. The minimum atomic E-state index is -0.187. The maximum atomic E-state index is 13.3. The van der Waals surface area contributed by atoms with Crippen LogP contribution in [-0.2, 0) is 13.1 Å². The second kappa shape index (κ2) is 9.14. The van der Waals surface area contributed by atoms with Crippen molar-refractivity contribution in [2.24, 2.45) is 4.99 Å². The Balaban J connectivity index is 0.00000225. The standard InChI is InChI=1S/C17H20FN5S.HI/c1-3-19-16(20-9-13-4-5-15(18)12(2)8-13)21-10-14-11-23-6-7-24-17(23)22-14;/h4-8,11H,3,9-10H2,1-2H3,(H2,19,20,21);1H. The number of nitrogens with one attached hydrogen (secondary N) is 2. The van der Waals surface area contributed by atoms with E-state index >= 15 is 0 Å². The van der Waals surface area contributed by atoms with Crippen molar-refractivity contribution in [3.8, 4) is 0 Å². The molecule has 2 aromatic heterocycles. The first-order valence-corrected chi connectivity index (χ1v) is 8.72. The fourth-order valence-corrected chi connectivity index (χ4v) is 3.07. The fraction of sp³-hybridized carbons (Fsp3) is 0.294. The number of nitrogens with zero attached hydrogens (tertiary/aromatic N) is 3. The van der Waals surface area contributed by atoms with Crippen LogP contribution < -0.4 is 10.6 Å². The van der Waals surface area contributed by atoms with Crippen LogP contribution in [0.5, 0.6) is 0 Å². The summed E-state index contributed by atoms with van der Waals surface area (Å²) in [4.78, 5) is 10.1. The van der Waals surface area contributed by atoms with E-state index in [1.54, 1.807) is 24.3 Å². The number of aryl methyl sites for hydroxylation is 1. The number of benzene rings is 1. The van der Waals surface area contributed by atoms with E-state index in [1.165, 1.54) is 6.07 Å². The summed E-state index contributed by atoms with van der Waals surface area (Å²) in [5.41, 5.74) is 2.58. The van der Waals surface area contributed by atoms with Gasteiger partial charge in [0, 0.05) is 24.3 Å². The molecule has 0 saturated heterocycles. The number of rotatable bonds is 5. The van der Waals surface area contributed by atoms with Crippen molar-refractivity contribution in [1.82, 2.24) is 20.0 Å². The van der Waals surface area contributed by atoms with Gasteiger partial charge in [-0.1, -0.05) is 12.1 Å². The van der Waals surface area contributed by atoms with Crippen LogP contribution in [0.2, 0.25) is 0 Å². The lowest BCUT2D eigenvalue weighted by Crippen LogP contribution is -2.36. The van der Waals surface area contributed by atoms with Gasteiger partial charge in [0.25, 0.3) is 0 Å². The zero-order valence-electron chi connectivity index (χ0n) is 14.1. The van der Waals surface area contributed by atoms with Crippen molar-refractivity contribution >= 4 is 46.2 Å². The molecule has 0 atom stereocenters. The molecule has 3 rings (SSSR count). The van der Waals surface area contributed by atoms with Crippen molar-refractivity contribution in [2.75, 3.05) is 6.54 Å². The highest BCUT2D eigenvalue weighted by Gasteiger charge is 2.04. The van der Waals surface area contributed by atoms with E-state index in [1.807, 2.05) is 35.2 Å². The highest BCUT2D eigenvalue weighted by atomic mass is 127. The van der Waals surface area contributed by atoms with Crippen molar-refractivity contribution in [3.05, 3.63) is 58.6 Å². The molecular formula is C17H21FIN5S. The third kappa shape index (κ3) is 5.15. The summed E-state index contributed by atoms with van der Waals surface area (Å²) < 4.78 is 15.3. The Labute approximate surface area is 167 Å². The molecule has 3 aromatic rings. The van der Waals surface area contributed by atoms with Crippen molar-refractivity contribution in [2.45, 2.75) is 26.9 Å². The van der Waals surface area contributed by atoms with Gasteiger partial charge in [-0.15, -0.1) is 35.3 Å². The number of hydrogen-bond acceptors (Lipinski definition) is 3. The van der Waals surface area contributed by atoms with Gasteiger partial charge in [0.05, 0.1) is 18.8 Å². The second-order valence-corrected chi connectivity index (χ2v) is 6.33. The molecule has 8 heteroatoms. The molecule has 0 aliphatic heterocycles. The smallest absolute Gasteiger partial charge is 0.193 e. The van der Waals surface area contributed by atoms with Crippen LogP contribution in [0.4, 0.5) is 4.39 Å². The zero-order valence-corrected chi connectivity index (χ0v) is 17.3. The Morgan fingerprint density at radius 1 is 1.36 bits per heavy atom. The summed E-state index contributed by atoms with van der Waals surface area (Å²) in [7, 11) is 0. The summed E-state index contributed by atoms with van der Waals surface area (Å²) in [6.45, 7) is 5.65. The molecule has 0 saturated carbocycles. The summed E-state index contributed by atoms with van der Waals surface area (Å²) in [5, 5.41) is 8.50.